The lowest BCUT2D eigenvalue weighted by atomic mass is 9.89. The zero-order valence-corrected chi connectivity index (χ0v) is 14.0. The summed E-state index contributed by atoms with van der Waals surface area (Å²) in [5, 5.41) is 14.0. The fourth-order valence-corrected chi connectivity index (χ4v) is 4.06. The van der Waals surface area contributed by atoms with Crippen molar-refractivity contribution in [3.8, 4) is 0 Å². The number of rotatable bonds is 3. The molecule has 25 heavy (non-hydrogen) atoms. The number of hydrogen-bond donors (Lipinski definition) is 1. The lowest BCUT2D eigenvalue weighted by molar-refractivity contribution is -0.139. The minimum Gasteiger partial charge on any atom is -0.481 e. The van der Waals surface area contributed by atoms with Crippen molar-refractivity contribution in [2.45, 2.75) is 44.2 Å². The van der Waals surface area contributed by atoms with Crippen LogP contribution in [0.1, 0.15) is 59.3 Å². The van der Waals surface area contributed by atoms with Crippen LogP contribution in [0.4, 0.5) is 0 Å². The molecule has 0 radical (unpaired) electrons. The second-order valence-electron chi connectivity index (χ2n) is 6.87. The van der Waals surface area contributed by atoms with Gasteiger partial charge < -0.3 is 10.0 Å². The molecule has 0 spiro atoms. The van der Waals surface area contributed by atoms with Gasteiger partial charge >= 0.3 is 5.97 Å². The van der Waals surface area contributed by atoms with E-state index in [0.29, 0.717) is 12.2 Å². The second-order valence-corrected chi connectivity index (χ2v) is 6.87. The number of carbonyl (C=O) groups is 2. The van der Waals surface area contributed by atoms with Crippen molar-refractivity contribution in [1.82, 2.24) is 14.7 Å². The van der Waals surface area contributed by atoms with E-state index < -0.39 is 11.9 Å². The normalized spacial score (nSPS) is 20.5. The van der Waals surface area contributed by atoms with Gasteiger partial charge in [0, 0.05) is 19.3 Å². The third-order valence-electron chi connectivity index (χ3n) is 5.34. The molecule has 1 aromatic heterocycles. The molecule has 1 N–H and O–H groups in total. The van der Waals surface area contributed by atoms with Crippen LogP contribution >= 0.6 is 0 Å². The van der Waals surface area contributed by atoms with Gasteiger partial charge in [-0.1, -0.05) is 37.1 Å². The summed E-state index contributed by atoms with van der Waals surface area (Å²) in [6.07, 6.45) is 6.08. The Morgan fingerprint density at radius 3 is 2.64 bits per heavy atom. The smallest absolute Gasteiger partial charge is 0.312 e. The number of carboxylic acids is 1. The Labute approximate surface area is 146 Å². The van der Waals surface area contributed by atoms with Crippen molar-refractivity contribution in [1.29, 1.82) is 0 Å². The number of aliphatic carboxylic acids is 1. The first-order valence-corrected chi connectivity index (χ1v) is 8.78. The lowest BCUT2D eigenvalue weighted by Gasteiger charge is -2.33. The average Bonchev–Trinajstić information content (AvgIpc) is 3.30. The first-order chi connectivity index (χ1) is 12.1. The van der Waals surface area contributed by atoms with Crippen LogP contribution < -0.4 is 0 Å². The van der Waals surface area contributed by atoms with Gasteiger partial charge in [-0.3, -0.25) is 14.3 Å². The summed E-state index contributed by atoms with van der Waals surface area (Å²) < 4.78 is 1.84. The van der Waals surface area contributed by atoms with Crippen LogP contribution in [-0.2, 0) is 11.3 Å². The second kappa shape index (κ2) is 6.35. The van der Waals surface area contributed by atoms with Crippen LogP contribution in [0.5, 0.6) is 0 Å². The molecule has 4 rings (SSSR count). The third kappa shape index (κ3) is 2.81. The van der Waals surface area contributed by atoms with Gasteiger partial charge in [-0.15, -0.1) is 0 Å². The molecule has 1 atom stereocenters. The van der Waals surface area contributed by atoms with Crippen LogP contribution in [0.3, 0.4) is 0 Å². The van der Waals surface area contributed by atoms with Gasteiger partial charge in [0.05, 0.1) is 12.0 Å². The minimum atomic E-state index is -0.894. The summed E-state index contributed by atoms with van der Waals surface area (Å²) >= 11 is 0. The Morgan fingerprint density at radius 1 is 1.12 bits per heavy atom. The number of carboxylic acid groups (broad SMARTS) is 1. The summed E-state index contributed by atoms with van der Waals surface area (Å²) in [6.45, 7) is 0.635. The number of benzene rings is 1. The van der Waals surface area contributed by atoms with E-state index in [0.717, 1.165) is 36.8 Å². The Balaban J connectivity index is 1.63. The lowest BCUT2D eigenvalue weighted by Crippen LogP contribution is -2.41. The molecule has 6 heteroatoms. The molecule has 6 nitrogen and oxygen atoms in total. The van der Waals surface area contributed by atoms with Crippen molar-refractivity contribution >= 4 is 11.9 Å². The van der Waals surface area contributed by atoms with E-state index in [-0.39, 0.29) is 18.5 Å². The van der Waals surface area contributed by atoms with Crippen molar-refractivity contribution in [2.75, 3.05) is 6.54 Å². The molecular formula is C19H21N3O3. The third-order valence-corrected chi connectivity index (χ3v) is 5.34. The molecule has 130 valence electrons. The first-order valence-electron chi connectivity index (χ1n) is 8.78. The Bertz CT molecular complexity index is 808. The highest BCUT2D eigenvalue weighted by atomic mass is 16.4. The maximum absolute atomic E-state index is 13.1. The highest BCUT2D eigenvalue weighted by Gasteiger charge is 2.34. The molecule has 1 aliphatic heterocycles. The summed E-state index contributed by atoms with van der Waals surface area (Å²) in [4.78, 5) is 26.4. The van der Waals surface area contributed by atoms with Gasteiger partial charge in [-0.05, 0) is 30.0 Å². The standard InChI is InChI=1S/C19H21N3O3/c23-18(17-9-10-20-22(17)14-6-2-3-7-14)21-11-13-5-1-4-8-15(13)16(12-21)19(24)25/h1,4-5,8-10,14,16H,2-3,6-7,11-12H2,(H,24,25). The summed E-state index contributed by atoms with van der Waals surface area (Å²) in [5.74, 6) is -1.71. The molecule has 0 bridgehead atoms. The maximum Gasteiger partial charge on any atom is 0.312 e. The van der Waals surface area contributed by atoms with Gasteiger partial charge in [0.1, 0.15) is 5.69 Å². The first kappa shape index (κ1) is 15.9. The Kier molecular flexibility index (Phi) is 4.03. The van der Waals surface area contributed by atoms with Crippen molar-refractivity contribution < 1.29 is 14.7 Å². The Hall–Kier alpha value is -2.63. The van der Waals surface area contributed by atoms with Crippen LogP contribution in [0.2, 0.25) is 0 Å². The van der Waals surface area contributed by atoms with Gasteiger partial charge in [0.25, 0.3) is 5.91 Å². The highest BCUT2D eigenvalue weighted by Crippen LogP contribution is 2.32. The molecule has 1 saturated carbocycles. The van der Waals surface area contributed by atoms with Gasteiger partial charge in [0.15, 0.2) is 0 Å². The van der Waals surface area contributed by atoms with Crippen LogP contribution in [0, 0.1) is 0 Å². The fraction of sp³-hybridized carbons (Fsp3) is 0.421. The number of carbonyl (C=O) groups excluding carboxylic acids is 1. The van der Waals surface area contributed by atoms with Gasteiger partial charge in [0.2, 0.25) is 0 Å². The zero-order valence-electron chi connectivity index (χ0n) is 14.0. The topological polar surface area (TPSA) is 75.4 Å². The molecule has 2 aliphatic rings. The molecular weight excluding hydrogens is 318 g/mol. The van der Waals surface area contributed by atoms with Gasteiger partial charge in [-0.2, -0.15) is 5.10 Å². The van der Waals surface area contributed by atoms with Crippen molar-refractivity contribution in [3.05, 3.63) is 53.3 Å². The highest BCUT2D eigenvalue weighted by molar-refractivity contribution is 5.93. The van der Waals surface area contributed by atoms with E-state index in [1.165, 1.54) is 0 Å². The Morgan fingerprint density at radius 2 is 1.88 bits per heavy atom. The zero-order chi connectivity index (χ0) is 17.4. The molecule has 1 amide bonds. The maximum atomic E-state index is 13.1. The van der Waals surface area contributed by atoms with E-state index in [4.69, 9.17) is 0 Å². The molecule has 1 unspecified atom stereocenters. The van der Waals surface area contributed by atoms with Crippen molar-refractivity contribution in [3.63, 3.8) is 0 Å². The van der Waals surface area contributed by atoms with E-state index >= 15 is 0 Å². The summed E-state index contributed by atoms with van der Waals surface area (Å²) in [6, 6.07) is 9.51. The largest absolute Gasteiger partial charge is 0.481 e. The minimum absolute atomic E-state index is 0.134. The molecule has 2 heterocycles. The van der Waals surface area contributed by atoms with E-state index in [9.17, 15) is 14.7 Å². The van der Waals surface area contributed by atoms with Crippen molar-refractivity contribution in [2.24, 2.45) is 0 Å². The average molecular weight is 339 g/mol. The van der Waals surface area contributed by atoms with Gasteiger partial charge in [-0.25, -0.2) is 0 Å². The number of amides is 1. The predicted octanol–water partition coefficient (Wildman–Crippen LogP) is 2.82. The number of fused-ring (bicyclic) bond motifs is 1. The van der Waals surface area contributed by atoms with E-state index in [2.05, 4.69) is 5.10 Å². The van der Waals surface area contributed by atoms with Crippen LogP contribution in [0.15, 0.2) is 36.5 Å². The number of nitrogens with zero attached hydrogens (tertiary/aromatic N) is 3. The fourth-order valence-electron chi connectivity index (χ4n) is 4.06. The van der Waals surface area contributed by atoms with Crippen LogP contribution in [0.25, 0.3) is 0 Å². The quantitative estimate of drug-likeness (QED) is 0.933. The molecule has 1 aromatic carbocycles. The van der Waals surface area contributed by atoms with E-state index in [1.54, 1.807) is 17.2 Å². The number of hydrogen-bond acceptors (Lipinski definition) is 3. The predicted molar refractivity (Wildman–Crippen MR) is 91.3 cm³/mol. The number of aromatic nitrogens is 2. The summed E-state index contributed by atoms with van der Waals surface area (Å²) in [5.41, 5.74) is 2.28. The monoisotopic (exact) mass is 339 g/mol. The SMILES string of the molecule is O=C(O)C1CN(C(=O)c2ccnn2C2CCCC2)Cc2ccccc21. The van der Waals surface area contributed by atoms with E-state index in [1.807, 2.05) is 28.9 Å². The summed E-state index contributed by atoms with van der Waals surface area (Å²) in [7, 11) is 0. The molecule has 1 fully saturated rings. The molecule has 1 aliphatic carbocycles. The van der Waals surface area contributed by atoms with Crippen LogP contribution in [-0.4, -0.2) is 38.2 Å². The molecule has 2 aromatic rings. The molecule has 0 saturated heterocycles.